The lowest BCUT2D eigenvalue weighted by Crippen LogP contribution is -2.09. The molecule has 0 N–H and O–H groups in total. The highest BCUT2D eigenvalue weighted by molar-refractivity contribution is 9.10. The molecule has 0 aliphatic rings. The van der Waals surface area contributed by atoms with Crippen molar-refractivity contribution in [2.24, 2.45) is 0 Å². The molecule has 0 saturated heterocycles. The van der Waals surface area contributed by atoms with E-state index in [4.69, 9.17) is 4.74 Å². The van der Waals surface area contributed by atoms with Gasteiger partial charge in [-0.2, -0.15) is 0 Å². The van der Waals surface area contributed by atoms with E-state index >= 15 is 0 Å². The number of ether oxygens (including phenoxy) is 1. The number of ketones is 1. The standard InChI is InChI=1S/C23H18BrNO2/c24-19-11-9-18(10-12-19)22(26)15-25-14-13-20-21(25)7-4-8-23(20)27-16-17-5-2-1-3-6-17/h1-14H,15-16H2. The predicted molar refractivity (Wildman–Crippen MR) is 111 cm³/mol. The summed E-state index contributed by atoms with van der Waals surface area (Å²) in [6, 6.07) is 25.5. The minimum absolute atomic E-state index is 0.0793. The minimum atomic E-state index is 0.0793. The zero-order chi connectivity index (χ0) is 18.6. The molecule has 4 heteroatoms. The van der Waals surface area contributed by atoms with Crippen LogP contribution in [0.2, 0.25) is 0 Å². The molecule has 0 amide bonds. The van der Waals surface area contributed by atoms with E-state index in [-0.39, 0.29) is 5.78 Å². The first kappa shape index (κ1) is 17.6. The summed E-state index contributed by atoms with van der Waals surface area (Å²) < 4.78 is 8.95. The first-order valence-corrected chi connectivity index (χ1v) is 9.53. The Morgan fingerprint density at radius 1 is 0.889 bits per heavy atom. The SMILES string of the molecule is O=C(Cn1ccc2c(OCc3ccccc3)cccc21)c1ccc(Br)cc1. The third-order valence-electron chi connectivity index (χ3n) is 4.49. The van der Waals surface area contributed by atoms with Crippen LogP contribution in [0.4, 0.5) is 0 Å². The quantitative estimate of drug-likeness (QED) is 0.366. The van der Waals surface area contributed by atoms with Gasteiger partial charge in [-0.1, -0.05) is 64.5 Å². The zero-order valence-corrected chi connectivity index (χ0v) is 16.2. The number of rotatable bonds is 6. The average molecular weight is 420 g/mol. The number of aromatic nitrogens is 1. The fourth-order valence-electron chi connectivity index (χ4n) is 3.08. The van der Waals surface area contributed by atoms with Gasteiger partial charge in [-0.05, 0) is 35.9 Å². The Labute approximate surface area is 166 Å². The van der Waals surface area contributed by atoms with Gasteiger partial charge in [0.05, 0.1) is 12.1 Å². The lowest BCUT2D eigenvalue weighted by Gasteiger charge is -2.09. The molecule has 0 radical (unpaired) electrons. The van der Waals surface area contributed by atoms with E-state index in [1.807, 2.05) is 89.6 Å². The molecule has 134 valence electrons. The van der Waals surface area contributed by atoms with Gasteiger partial charge in [-0.25, -0.2) is 0 Å². The Morgan fingerprint density at radius 2 is 1.67 bits per heavy atom. The molecule has 0 aliphatic carbocycles. The first-order chi connectivity index (χ1) is 13.2. The van der Waals surface area contributed by atoms with E-state index < -0.39 is 0 Å². The zero-order valence-electron chi connectivity index (χ0n) is 14.6. The largest absolute Gasteiger partial charge is 0.488 e. The van der Waals surface area contributed by atoms with Crippen LogP contribution in [0.5, 0.6) is 5.75 Å². The molecule has 4 rings (SSSR count). The summed E-state index contributed by atoms with van der Waals surface area (Å²) in [6.45, 7) is 0.816. The van der Waals surface area contributed by atoms with E-state index in [1.165, 1.54) is 0 Å². The number of nitrogens with zero attached hydrogens (tertiary/aromatic N) is 1. The number of hydrogen-bond acceptors (Lipinski definition) is 2. The second kappa shape index (κ2) is 7.80. The highest BCUT2D eigenvalue weighted by Gasteiger charge is 2.11. The number of Topliss-reactive ketones (excluding diaryl/α,β-unsaturated/α-hetero) is 1. The molecule has 3 aromatic carbocycles. The lowest BCUT2D eigenvalue weighted by molar-refractivity contribution is 0.0973. The van der Waals surface area contributed by atoms with Gasteiger partial charge in [0.25, 0.3) is 0 Å². The van der Waals surface area contributed by atoms with Gasteiger partial charge >= 0.3 is 0 Å². The van der Waals surface area contributed by atoms with Gasteiger partial charge < -0.3 is 9.30 Å². The van der Waals surface area contributed by atoms with Crippen molar-refractivity contribution in [2.45, 2.75) is 13.2 Å². The van der Waals surface area contributed by atoms with E-state index in [9.17, 15) is 4.79 Å². The second-order valence-electron chi connectivity index (χ2n) is 6.34. The van der Waals surface area contributed by atoms with Crippen molar-refractivity contribution >= 4 is 32.6 Å². The summed E-state index contributed by atoms with van der Waals surface area (Å²) in [6.07, 6.45) is 1.94. The summed E-state index contributed by atoms with van der Waals surface area (Å²) in [5.74, 6) is 0.904. The van der Waals surface area contributed by atoms with Crippen molar-refractivity contribution in [3.8, 4) is 5.75 Å². The maximum absolute atomic E-state index is 12.6. The van der Waals surface area contributed by atoms with Gasteiger partial charge in [-0.3, -0.25) is 4.79 Å². The van der Waals surface area contributed by atoms with Crippen LogP contribution in [0.15, 0.2) is 89.5 Å². The molecule has 0 saturated carbocycles. The van der Waals surface area contributed by atoms with E-state index in [1.54, 1.807) is 0 Å². The molecular formula is C23H18BrNO2. The predicted octanol–water partition coefficient (Wildman–Crippen LogP) is 5.87. The Hall–Kier alpha value is -2.85. The number of halogens is 1. The third kappa shape index (κ3) is 3.96. The van der Waals surface area contributed by atoms with Crippen LogP contribution in [0, 0.1) is 0 Å². The van der Waals surface area contributed by atoms with Gasteiger partial charge in [-0.15, -0.1) is 0 Å². The fourth-order valence-corrected chi connectivity index (χ4v) is 3.34. The molecule has 0 aliphatic heterocycles. The molecule has 0 spiro atoms. The van der Waals surface area contributed by atoms with Crippen molar-refractivity contribution in [1.29, 1.82) is 0 Å². The molecule has 0 fully saturated rings. The van der Waals surface area contributed by atoms with Crippen LogP contribution < -0.4 is 4.74 Å². The van der Waals surface area contributed by atoms with Crippen LogP contribution in [-0.4, -0.2) is 10.4 Å². The number of hydrogen-bond donors (Lipinski definition) is 0. The van der Waals surface area contributed by atoms with Crippen molar-refractivity contribution in [1.82, 2.24) is 4.57 Å². The van der Waals surface area contributed by atoms with Gasteiger partial charge in [0.2, 0.25) is 0 Å². The number of carbonyl (C=O) groups excluding carboxylic acids is 1. The first-order valence-electron chi connectivity index (χ1n) is 8.74. The van der Waals surface area contributed by atoms with E-state index in [2.05, 4.69) is 15.9 Å². The molecule has 0 bridgehead atoms. The van der Waals surface area contributed by atoms with Crippen LogP contribution in [-0.2, 0) is 13.2 Å². The monoisotopic (exact) mass is 419 g/mol. The summed E-state index contributed by atoms with van der Waals surface area (Å²) in [5, 5.41) is 1.01. The summed E-state index contributed by atoms with van der Waals surface area (Å²) in [4.78, 5) is 12.6. The van der Waals surface area contributed by atoms with Gasteiger partial charge in [0, 0.05) is 21.6 Å². The van der Waals surface area contributed by atoms with E-state index in [0.29, 0.717) is 18.7 Å². The summed E-state index contributed by atoms with van der Waals surface area (Å²) in [5.41, 5.74) is 2.82. The smallest absolute Gasteiger partial charge is 0.182 e. The highest BCUT2D eigenvalue weighted by atomic mass is 79.9. The van der Waals surface area contributed by atoms with Crippen LogP contribution in [0.1, 0.15) is 15.9 Å². The molecule has 0 atom stereocenters. The molecule has 27 heavy (non-hydrogen) atoms. The van der Waals surface area contributed by atoms with Gasteiger partial charge in [0.15, 0.2) is 5.78 Å². The van der Waals surface area contributed by atoms with Crippen LogP contribution in [0.3, 0.4) is 0 Å². The number of benzene rings is 3. The minimum Gasteiger partial charge on any atom is -0.488 e. The normalized spacial score (nSPS) is 10.9. The van der Waals surface area contributed by atoms with Crippen molar-refractivity contribution in [3.05, 3.63) is 101 Å². The Kier molecular flexibility index (Phi) is 5.07. The summed E-state index contributed by atoms with van der Waals surface area (Å²) >= 11 is 3.40. The van der Waals surface area contributed by atoms with E-state index in [0.717, 1.165) is 26.7 Å². The topological polar surface area (TPSA) is 31.2 Å². The molecule has 1 aromatic heterocycles. The maximum Gasteiger partial charge on any atom is 0.182 e. The Morgan fingerprint density at radius 3 is 2.44 bits per heavy atom. The lowest BCUT2D eigenvalue weighted by atomic mass is 10.1. The van der Waals surface area contributed by atoms with Gasteiger partial charge in [0.1, 0.15) is 12.4 Å². The molecule has 0 unspecified atom stereocenters. The van der Waals surface area contributed by atoms with Crippen molar-refractivity contribution in [2.75, 3.05) is 0 Å². The Bertz CT molecular complexity index is 1070. The van der Waals surface area contributed by atoms with Crippen LogP contribution >= 0.6 is 15.9 Å². The van der Waals surface area contributed by atoms with Crippen molar-refractivity contribution in [3.63, 3.8) is 0 Å². The second-order valence-corrected chi connectivity index (χ2v) is 7.25. The molecule has 3 nitrogen and oxygen atoms in total. The van der Waals surface area contributed by atoms with Crippen molar-refractivity contribution < 1.29 is 9.53 Å². The number of carbonyl (C=O) groups is 1. The summed E-state index contributed by atoms with van der Waals surface area (Å²) in [7, 11) is 0. The average Bonchev–Trinajstić information content (AvgIpc) is 3.11. The molecule has 4 aromatic rings. The maximum atomic E-state index is 12.6. The fraction of sp³-hybridized carbons (Fsp3) is 0.0870. The number of fused-ring (bicyclic) bond motifs is 1. The Balaban J connectivity index is 1.55. The third-order valence-corrected chi connectivity index (χ3v) is 5.02. The molecular weight excluding hydrogens is 402 g/mol. The van der Waals surface area contributed by atoms with Crippen LogP contribution in [0.25, 0.3) is 10.9 Å². The highest BCUT2D eigenvalue weighted by Crippen LogP contribution is 2.27. The molecule has 1 heterocycles.